The van der Waals surface area contributed by atoms with E-state index in [4.69, 9.17) is 0 Å². The smallest absolute Gasteiger partial charge is 0.257 e. The topological polar surface area (TPSA) is 66.9 Å². The summed E-state index contributed by atoms with van der Waals surface area (Å²) in [6, 6.07) is 10.6. The number of aromatic nitrogens is 2. The van der Waals surface area contributed by atoms with E-state index in [9.17, 15) is 9.59 Å². The van der Waals surface area contributed by atoms with Crippen LogP contribution in [-0.4, -0.2) is 15.5 Å². The number of amides is 1. The Morgan fingerprint density at radius 2 is 2.00 bits per heavy atom. The molecule has 1 aromatic carbocycles. The molecule has 5 heteroatoms. The fourth-order valence-electron chi connectivity index (χ4n) is 2.13. The SMILES string of the molecule is Cn1cc(NC(=O)c2c[nH]c3ccccc23)ccc1=O. The van der Waals surface area contributed by atoms with E-state index in [0.717, 1.165) is 10.9 Å². The van der Waals surface area contributed by atoms with Gasteiger partial charge in [-0.2, -0.15) is 0 Å². The molecule has 3 rings (SSSR count). The zero-order valence-electron chi connectivity index (χ0n) is 10.9. The number of rotatable bonds is 2. The molecule has 1 amide bonds. The van der Waals surface area contributed by atoms with Gasteiger partial charge in [0.05, 0.1) is 11.3 Å². The second-order valence-corrected chi connectivity index (χ2v) is 4.57. The monoisotopic (exact) mass is 267 g/mol. The van der Waals surface area contributed by atoms with Crippen LogP contribution in [0.3, 0.4) is 0 Å². The van der Waals surface area contributed by atoms with Crippen LogP contribution in [0.15, 0.2) is 53.6 Å². The lowest BCUT2D eigenvalue weighted by molar-refractivity contribution is 0.102. The molecule has 2 heterocycles. The van der Waals surface area contributed by atoms with Gasteiger partial charge in [-0.25, -0.2) is 0 Å². The fraction of sp³-hybridized carbons (Fsp3) is 0.0667. The van der Waals surface area contributed by atoms with Crippen molar-refractivity contribution in [2.75, 3.05) is 5.32 Å². The molecule has 0 radical (unpaired) electrons. The molecule has 2 N–H and O–H groups in total. The minimum absolute atomic E-state index is 0.116. The molecule has 0 saturated heterocycles. The molecule has 0 aliphatic rings. The van der Waals surface area contributed by atoms with Gasteiger partial charge in [0.25, 0.3) is 5.91 Å². The highest BCUT2D eigenvalue weighted by Gasteiger charge is 2.11. The summed E-state index contributed by atoms with van der Waals surface area (Å²) in [5.41, 5.74) is 1.96. The first kappa shape index (κ1) is 12.2. The number of para-hydroxylation sites is 1. The highest BCUT2D eigenvalue weighted by Crippen LogP contribution is 2.18. The number of nitrogens with one attached hydrogen (secondary N) is 2. The van der Waals surface area contributed by atoms with Crippen molar-refractivity contribution in [1.29, 1.82) is 0 Å². The average Bonchev–Trinajstić information content (AvgIpc) is 2.87. The molecule has 0 atom stereocenters. The van der Waals surface area contributed by atoms with Crippen molar-refractivity contribution >= 4 is 22.5 Å². The summed E-state index contributed by atoms with van der Waals surface area (Å²) in [7, 11) is 1.64. The zero-order chi connectivity index (χ0) is 14.1. The van der Waals surface area contributed by atoms with Crippen molar-refractivity contribution < 1.29 is 4.79 Å². The number of aromatic amines is 1. The number of benzene rings is 1. The molecule has 0 aliphatic carbocycles. The van der Waals surface area contributed by atoms with Crippen molar-refractivity contribution in [3.8, 4) is 0 Å². The van der Waals surface area contributed by atoms with Crippen LogP contribution < -0.4 is 10.9 Å². The van der Waals surface area contributed by atoms with Crippen LogP contribution in [0.4, 0.5) is 5.69 Å². The van der Waals surface area contributed by atoms with E-state index in [1.807, 2.05) is 24.3 Å². The number of fused-ring (bicyclic) bond motifs is 1. The molecule has 0 aliphatic heterocycles. The molecule has 0 bridgehead atoms. The predicted octanol–water partition coefficient (Wildman–Crippen LogP) is 2.12. The van der Waals surface area contributed by atoms with Gasteiger partial charge in [-0.05, 0) is 12.1 Å². The number of hydrogen-bond acceptors (Lipinski definition) is 2. The van der Waals surface area contributed by atoms with E-state index in [2.05, 4.69) is 10.3 Å². The maximum atomic E-state index is 12.3. The quantitative estimate of drug-likeness (QED) is 0.746. The molecule has 0 fully saturated rings. The highest BCUT2D eigenvalue weighted by molar-refractivity contribution is 6.12. The molecule has 2 aromatic heterocycles. The molecule has 5 nitrogen and oxygen atoms in total. The van der Waals surface area contributed by atoms with Gasteiger partial charge in [-0.3, -0.25) is 9.59 Å². The average molecular weight is 267 g/mol. The Hall–Kier alpha value is -2.82. The largest absolute Gasteiger partial charge is 0.360 e. The molecule has 20 heavy (non-hydrogen) atoms. The van der Waals surface area contributed by atoms with Gasteiger partial charge in [0.1, 0.15) is 0 Å². The van der Waals surface area contributed by atoms with Crippen LogP contribution in [0.5, 0.6) is 0 Å². The van der Waals surface area contributed by atoms with Gasteiger partial charge in [0.2, 0.25) is 5.56 Å². The van der Waals surface area contributed by atoms with Crippen LogP contribution in [-0.2, 0) is 7.05 Å². The summed E-state index contributed by atoms with van der Waals surface area (Å²) >= 11 is 0. The van der Waals surface area contributed by atoms with Crippen molar-refractivity contribution in [3.05, 3.63) is 64.7 Å². The third-order valence-electron chi connectivity index (χ3n) is 3.18. The van der Waals surface area contributed by atoms with Gasteiger partial charge >= 0.3 is 0 Å². The maximum Gasteiger partial charge on any atom is 0.257 e. The Morgan fingerprint density at radius 3 is 2.80 bits per heavy atom. The van der Waals surface area contributed by atoms with Crippen molar-refractivity contribution in [2.24, 2.45) is 7.05 Å². The second kappa shape index (κ2) is 4.70. The van der Waals surface area contributed by atoms with Crippen LogP contribution in [0.1, 0.15) is 10.4 Å². The molecule has 3 aromatic rings. The molecule has 0 spiro atoms. The Balaban J connectivity index is 1.93. The van der Waals surface area contributed by atoms with Crippen LogP contribution in [0.25, 0.3) is 10.9 Å². The minimum atomic E-state index is -0.207. The second-order valence-electron chi connectivity index (χ2n) is 4.57. The number of carbonyl (C=O) groups excluding carboxylic acids is 1. The van der Waals surface area contributed by atoms with E-state index >= 15 is 0 Å². The molecular formula is C15H13N3O2. The number of nitrogens with zero attached hydrogens (tertiary/aromatic N) is 1. The fourth-order valence-corrected chi connectivity index (χ4v) is 2.13. The lowest BCUT2D eigenvalue weighted by Gasteiger charge is -2.05. The van der Waals surface area contributed by atoms with Crippen LogP contribution >= 0.6 is 0 Å². The minimum Gasteiger partial charge on any atom is -0.360 e. The Labute approximate surface area is 114 Å². The third-order valence-corrected chi connectivity index (χ3v) is 3.18. The number of carbonyl (C=O) groups is 1. The normalized spacial score (nSPS) is 10.7. The first-order chi connectivity index (χ1) is 9.65. The number of hydrogen-bond donors (Lipinski definition) is 2. The summed E-state index contributed by atoms with van der Waals surface area (Å²) < 4.78 is 1.42. The summed E-state index contributed by atoms with van der Waals surface area (Å²) in [5, 5.41) is 3.66. The lowest BCUT2D eigenvalue weighted by Crippen LogP contribution is -2.17. The summed E-state index contributed by atoms with van der Waals surface area (Å²) in [5.74, 6) is -0.207. The van der Waals surface area contributed by atoms with Crippen LogP contribution in [0, 0.1) is 0 Å². The first-order valence-corrected chi connectivity index (χ1v) is 6.19. The maximum absolute atomic E-state index is 12.3. The molecule has 100 valence electrons. The summed E-state index contributed by atoms with van der Waals surface area (Å²) in [4.78, 5) is 26.6. The molecule has 0 saturated carbocycles. The van der Waals surface area contributed by atoms with E-state index in [1.54, 1.807) is 25.5 Å². The van der Waals surface area contributed by atoms with Crippen molar-refractivity contribution in [1.82, 2.24) is 9.55 Å². The van der Waals surface area contributed by atoms with E-state index in [-0.39, 0.29) is 11.5 Å². The number of pyridine rings is 1. The summed E-state index contributed by atoms with van der Waals surface area (Å²) in [6.07, 6.45) is 3.27. The first-order valence-electron chi connectivity index (χ1n) is 6.19. The molecular weight excluding hydrogens is 254 g/mol. The van der Waals surface area contributed by atoms with Gasteiger partial charge in [-0.1, -0.05) is 18.2 Å². The Kier molecular flexibility index (Phi) is 2.87. The van der Waals surface area contributed by atoms with E-state index < -0.39 is 0 Å². The van der Waals surface area contributed by atoms with Crippen molar-refractivity contribution in [3.63, 3.8) is 0 Å². The third kappa shape index (κ3) is 2.09. The zero-order valence-corrected chi connectivity index (χ0v) is 10.9. The Morgan fingerprint density at radius 1 is 1.20 bits per heavy atom. The number of aryl methyl sites for hydroxylation is 1. The van der Waals surface area contributed by atoms with Crippen LogP contribution in [0.2, 0.25) is 0 Å². The van der Waals surface area contributed by atoms with Gasteiger partial charge in [-0.15, -0.1) is 0 Å². The van der Waals surface area contributed by atoms with Gasteiger partial charge in [0, 0.05) is 36.4 Å². The number of H-pyrrole nitrogens is 1. The lowest BCUT2D eigenvalue weighted by atomic mass is 10.1. The van der Waals surface area contributed by atoms with Gasteiger partial charge < -0.3 is 14.9 Å². The number of anilines is 1. The molecule has 0 unspecified atom stereocenters. The van der Waals surface area contributed by atoms with E-state index in [0.29, 0.717) is 11.3 Å². The predicted molar refractivity (Wildman–Crippen MR) is 77.9 cm³/mol. The van der Waals surface area contributed by atoms with Crippen molar-refractivity contribution in [2.45, 2.75) is 0 Å². The van der Waals surface area contributed by atoms with Gasteiger partial charge in [0.15, 0.2) is 0 Å². The van der Waals surface area contributed by atoms with E-state index in [1.165, 1.54) is 10.6 Å². The standard InChI is InChI=1S/C15H13N3O2/c1-18-9-10(6-7-14(18)19)17-15(20)12-8-16-13-5-3-2-4-11(12)13/h2-9,16H,1H3,(H,17,20). The highest BCUT2D eigenvalue weighted by atomic mass is 16.1. The summed E-state index contributed by atoms with van der Waals surface area (Å²) in [6.45, 7) is 0. The Bertz CT molecular complexity index is 845.